The van der Waals surface area contributed by atoms with Gasteiger partial charge in [0.25, 0.3) is 0 Å². The SMILES string of the molecule is BrCc1nnc(C2CC3CCC2C3)n1C1CC1. The van der Waals surface area contributed by atoms with E-state index in [1.807, 2.05) is 0 Å². The molecule has 0 aromatic carbocycles. The molecule has 0 radical (unpaired) electrons. The van der Waals surface area contributed by atoms with Gasteiger partial charge in [0.15, 0.2) is 0 Å². The van der Waals surface area contributed by atoms with Gasteiger partial charge in [0.05, 0.1) is 5.33 Å². The lowest BCUT2D eigenvalue weighted by atomic mass is 9.88. The highest BCUT2D eigenvalue weighted by atomic mass is 79.9. The number of rotatable bonds is 3. The molecule has 17 heavy (non-hydrogen) atoms. The third-order valence-electron chi connectivity index (χ3n) is 4.89. The molecule has 3 fully saturated rings. The van der Waals surface area contributed by atoms with E-state index in [1.54, 1.807) is 0 Å². The van der Waals surface area contributed by atoms with E-state index in [0.717, 1.165) is 28.9 Å². The zero-order chi connectivity index (χ0) is 11.4. The van der Waals surface area contributed by atoms with E-state index in [2.05, 4.69) is 30.7 Å². The molecule has 3 saturated carbocycles. The lowest BCUT2D eigenvalue weighted by Crippen LogP contribution is -2.15. The highest BCUT2D eigenvalue weighted by Gasteiger charge is 2.44. The van der Waals surface area contributed by atoms with Crippen molar-refractivity contribution in [2.75, 3.05) is 0 Å². The van der Waals surface area contributed by atoms with Gasteiger partial charge < -0.3 is 4.57 Å². The third-order valence-corrected chi connectivity index (χ3v) is 5.40. The Morgan fingerprint density at radius 2 is 2.00 bits per heavy atom. The summed E-state index contributed by atoms with van der Waals surface area (Å²) < 4.78 is 2.46. The first kappa shape index (κ1) is 10.5. The van der Waals surface area contributed by atoms with Crippen molar-refractivity contribution in [3.63, 3.8) is 0 Å². The molecule has 3 aliphatic rings. The Morgan fingerprint density at radius 1 is 1.12 bits per heavy atom. The smallest absolute Gasteiger partial charge is 0.143 e. The topological polar surface area (TPSA) is 30.7 Å². The van der Waals surface area contributed by atoms with Crippen LogP contribution in [0.4, 0.5) is 0 Å². The van der Waals surface area contributed by atoms with E-state index in [1.165, 1.54) is 44.3 Å². The predicted octanol–water partition coefficient (Wildman–Crippen LogP) is 3.41. The summed E-state index contributed by atoms with van der Waals surface area (Å²) >= 11 is 3.54. The van der Waals surface area contributed by atoms with Crippen LogP contribution in [0.3, 0.4) is 0 Å². The first-order valence-electron chi connectivity index (χ1n) is 6.86. The molecule has 1 aromatic rings. The molecular weight excluding hydrogens is 278 g/mol. The van der Waals surface area contributed by atoms with Gasteiger partial charge in [-0.15, -0.1) is 10.2 Å². The van der Waals surface area contributed by atoms with Crippen LogP contribution in [0.15, 0.2) is 0 Å². The number of aromatic nitrogens is 3. The molecule has 0 aliphatic heterocycles. The van der Waals surface area contributed by atoms with Crippen molar-refractivity contribution < 1.29 is 0 Å². The van der Waals surface area contributed by atoms with Crippen LogP contribution in [-0.4, -0.2) is 14.8 Å². The lowest BCUT2D eigenvalue weighted by Gasteiger charge is -2.21. The Bertz CT molecular complexity index is 438. The molecule has 2 bridgehead atoms. The van der Waals surface area contributed by atoms with E-state index in [9.17, 15) is 0 Å². The summed E-state index contributed by atoms with van der Waals surface area (Å²) in [7, 11) is 0. The first-order valence-corrected chi connectivity index (χ1v) is 7.98. The fraction of sp³-hybridized carbons (Fsp3) is 0.846. The average molecular weight is 296 g/mol. The summed E-state index contributed by atoms with van der Waals surface area (Å²) in [4.78, 5) is 0. The second kappa shape index (κ2) is 3.81. The number of nitrogens with zero attached hydrogens (tertiary/aromatic N) is 3. The van der Waals surface area contributed by atoms with E-state index in [-0.39, 0.29) is 0 Å². The second-order valence-corrected chi connectivity index (χ2v) is 6.55. The molecular formula is C13H18BrN3. The Morgan fingerprint density at radius 3 is 2.59 bits per heavy atom. The van der Waals surface area contributed by atoms with Gasteiger partial charge in [0, 0.05) is 12.0 Å². The predicted molar refractivity (Wildman–Crippen MR) is 69.1 cm³/mol. The monoisotopic (exact) mass is 295 g/mol. The molecule has 3 nitrogen and oxygen atoms in total. The molecule has 0 saturated heterocycles. The number of hydrogen-bond donors (Lipinski definition) is 0. The van der Waals surface area contributed by atoms with Gasteiger partial charge in [-0.1, -0.05) is 22.4 Å². The molecule has 1 aromatic heterocycles. The number of hydrogen-bond acceptors (Lipinski definition) is 2. The Hall–Kier alpha value is -0.380. The van der Waals surface area contributed by atoms with E-state index in [0.29, 0.717) is 6.04 Å². The Labute approximate surface area is 110 Å². The first-order chi connectivity index (χ1) is 8.36. The number of halogens is 1. The summed E-state index contributed by atoms with van der Waals surface area (Å²) in [6, 6.07) is 0.715. The van der Waals surface area contributed by atoms with Gasteiger partial charge in [-0.3, -0.25) is 0 Å². The van der Waals surface area contributed by atoms with Gasteiger partial charge in [0.1, 0.15) is 11.6 Å². The van der Waals surface area contributed by atoms with Crippen LogP contribution in [0.2, 0.25) is 0 Å². The van der Waals surface area contributed by atoms with Crippen LogP contribution in [0, 0.1) is 11.8 Å². The summed E-state index contributed by atoms with van der Waals surface area (Å²) in [6.45, 7) is 0. The fourth-order valence-electron chi connectivity index (χ4n) is 3.97. The highest BCUT2D eigenvalue weighted by Crippen LogP contribution is 2.53. The molecule has 4 rings (SSSR count). The average Bonchev–Trinajstić information content (AvgIpc) is 2.81. The summed E-state index contributed by atoms with van der Waals surface area (Å²) in [5.41, 5.74) is 0. The molecule has 0 amide bonds. The van der Waals surface area contributed by atoms with Crippen molar-refractivity contribution in [2.45, 2.75) is 55.8 Å². The number of fused-ring (bicyclic) bond motifs is 2. The summed E-state index contributed by atoms with van der Waals surface area (Å²) in [5.74, 6) is 5.07. The van der Waals surface area contributed by atoms with Gasteiger partial charge in [0.2, 0.25) is 0 Å². The normalized spacial score (nSPS) is 35.7. The van der Waals surface area contributed by atoms with Crippen LogP contribution in [0.5, 0.6) is 0 Å². The van der Waals surface area contributed by atoms with Crippen LogP contribution in [0.25, 0.3) is 0 Å². The van der Waals surface area contributed by atoms with E-state index in [4.69, 9.17) is 0 Å². The Kier molecular flexibility index (Phi) is 2.36. The molecule has 4 heteroatoms. The standard InChI is InChI=1S/C13H18BrN3/c14-7-12-15-16-13(17(12)10-3-4-10)11-6-8-1-2-9(11)5-8/h8-11H,1-7H2. The molecule has 1 heterocycles. The Balaban J connectivity index is 1.71. The van der Waals surface area contributed by atoms with E-state index < -0.39 is 0 Å². The zero-order valence-electron chi connectivity index (χ0n) is 9.98. The molecule has 0 spiro atoms. The van der Waals surface area contributed by atoms with Crippen LogP contribution in [0.1, 0.15) is 62.1 Å². The van der Waals surface area contributed by atoms with E-state index >= 15 is 0 Å². The maximum Gasteiger partial charge on any atom is 0.143 e. The molecule has 92 valence electrons. The minimum atomic E-state index is 0.715. The van der Waals surface area contributed by atoms with Crippen LogP contribution in [-0.2, 0) is 5.33 Å². The molecule has 3 aliphatic carbocycles. The van der Waals surface area contributed by atoms with Gasteiger partial charge in [-0.25, -0.2) is 0 Å². The van der Waals surface area contributed by atoms with Gasteiger partial charge >= 0.3 is 0 Å². The highest BCUT2D eigenvalue weighted by molar-refractivity contribution is 9.08. The van der Waals surface area contributed by atoms with Crippen molar-refractivity contribution >= 4 is 15.9 Å². The molecule has 0 N–H and O–H groups in total. The maximum atomic E-state index is 4.53. The van der Waals surface area contributed by atoms with Crippen molar-refractivity contribution in [1.29, 1.82) is 0 Å². The molecule has 3 atom stereocenters. The summed E-state index contributed by atoms with van der Waals surface area (Å²) in [5, 5.41) is 9.77. The van der Waals surface area contributed by atoms with Gasteiger partial charge in [-0.05, 0) is 43.9 Å². The van der Waals surface area contributed by atoms with Crippen LogP contribution >= 0.6 is 15.9 Å². The summed E-state index contributed by atoms with van der Waals surface area (Å²) in [6.07, 6.45) is 8.36. The van der Waals surface area contributed by atoms with Crippen molar-refractivity contribution in [1.82, 2.24) is 14.8 Å². The minimum absolute atomic E-state index is 0.715. The second-order valence-electron chi connectivity index (χ2n) is 5.99. The third kappa shape index (κ3) is 1.60. The van der Waals surface area contributed by atoms with Gasteiger partial charge in [-0.2, -0.15) is 0 Å². The largest absolute Gasteiger partial charge is 0.311 e. The van der Waals surface area contributed by atoms with Crippen LogP contribution < -0.4 is 0 Å². The minimum Gasteiger partial charge on any atom is -0.311 e. The van der Waals surface area contributed by atoms with Crippen molar-refractivity contribution in [3.05, 3.63) is 11.6 Å². The molecule has 3 unspecified atom stereocenters. The quantitative estimate of drug-likeness (QED) is 0.800. The lowest BCUT2D eigenvalue weighted by molar-refractivity contribution is 0.392. The maximum absolute atomic E-state index is 4.53. The van der Waals surface area contributed by atoms with Crippen molar-refractivity contribution in [3.8, 4) is 0 Å². The fourth-order valence-corrected chi connectivity index (χ4v) is 4.36. The zero-order valence-corrected chi connectivity index (χ0v) is 11.6. The van der Waals surface area contributed by atoms with Crippen molar-refractivity contribution in [2.24, 2.45) is 11.8 Å². The number of alkyl halides is 1.